The minimum Gasteiger partial charge on any atom is -0.439 e. The van der Waals surface area contributed by atoms with Crippen LogP contribution in [0.3, 0.4) is 0 Å². The van der Waals surface area contributed by atoms with Crippen molar-refractivity contribution >= 4 is 27.7 Å². The average Bonchev–Trinajstić information content (AvgIpc) is 2.22. The summed E-state index contributed by atoms with van der Waals surface area (Å²) in [5.74, 6) is 0.457. The molecule has 0 aliphatic carbocycles. The Morgan fingerprint density at radius 1 is 1.18 bits per heavy atom. The van der Waals surface area contributed by atoms with E-state index >= 15 is 0 Å². The topological polar surface area (TPSA) is 87.0 Å². The average molecular weight is 299 g/mol. The van der Waals surface area contributed by atoms with Crippen LogP contribution in [0.2, 0.25) is 0 Å². The molecule has 0 unspecified atom stereocenters. The highest BCUT2D eigenvalue weighted by molar-refractivity contribution is 9.10. The predicted octanol–water partition coefficient (Wildman–Crippen LogP) is 2.33. The van der Waals surface area contributed by atoms with E-state index in [0.29, 0.717) is 10.2 Å². The number of aromatic nitrogens is 2. The van der Waals surface area contributed by atoms with Gasteiger partial charge in [-0.3, -0.25) is 0 Å². The van der Waals surface area contributed by atoms with E-state index in [4.69, 9.17) is 16.2 Å². The van der Waals surface area contributed by atoms with E-state index in [2.05, 4.69) is 25.9 Å². The van der Waals surface area contributed by atoms with Crippen LogP contribution in [0.5, 0.6) is 11.6 Å². The maximum Gasteiger partial charge on any atom is 0.226 e. The molecule has 0 fully saturated rings. The zero-order valence-corrected chi connectivity index (χ0v) is 10.1. The highest BCUT2D eigenvalue weighted by Gasteiger charge is 2.05. The molecular weight excluding hydrogens is 291 g/mol. The largest absolute Gasteiger partial charge is 0.439 e. The van der Waals surface area contributed by atoms with Gasteiger partial charge in [0.15, 0.2) is 0 Å². The van der Waals surface area contributed by atoms with E-state index in [1.165, 1.54) is 24.3 Å². The van der Waals surface area contributed by atoms with Gasteiger partial charge in [-0.05, 0) is 34.1 Å². The summed E-state index contributed by atoms with van der Waals surface area (Å²) in [5.41, 5.74) is 10.9. The van der Waals surface area contributed by atoms with E-state index in [1.54, 1.807) is 0 Å². The summed E-state index contributed by atoms with van der Waals surface area (Å²) < 4.78 is 18.7. The number of benzene rings is 1. The van der Waals surface area contributed by atoms with Crippen LogP contribution in [0.15, 0.2) is 28.7 Å². The molecule has 2 aromatic rings. The lowest BCUT2D eigenvalue weighted by Gasteiger charge is -2.06. The van der Waals surface area contributed by atoms with Gasteiger partial charge in [-0.25, -0.2) is 4.39 Å². The molecule has 5 nitrogen and oxygen atoms in total. The molecule has 2 rings (SSSR count). The van der Waals surface area contributed by atoms with Gasteiger partial charge in [-0.15, -0.1) is 0 Å². The SMILES string of the molecule is Nc1cc(Oc2ccc(F)c(Br)c2)nc(N)n1. The normalized spacial score (nSPS) is 10.2. The zero-order chi connectivity index (χ0) is 12.4. The fourth-order valence-corrected chi connectivity index (χ4v) is 1.53. The van der Waals surface area contributed by atoms with Crippen molar-refractivity contribution in [2.75, 3.05) is 11.5 Å². The molecule has 1 aromatic heterocycles. The first-order chi connectivity index (χ1) is 8.04. The minimum atomic E-state index is -0.376. The number of ether oxygens (including phenoxy) is 1. The minimum absolute atomic E-state index is 0.0150. The molecule has 0 amide bonds. The predicted molar refractivity (Wildman–Crippen MR) is 65.0 cm³/mol. The summed E-state index contributed by atoms with van der Waals surface area (Å²) in [5, 5.41) is 0. The van der Waals surface area contributed by atoms with Gasteiger partial charge in [0.2, 0.25) is 11.8 Å². The van der Waals surface area contributed by atoms with Crippen LogP contribution in [0.1, 0.15) is 0 Å². The molecule has 1 aromatic carbocycles. The molecule has 0 aliphatic rings. The van der Waals surface area contributed by atoms with Crippen molar-refractivity contribution in [3.63, 3.8) is 0 Å². The number of hydrogen-bond acceptors (Lipinski definition) is 5. The number of nitrogens with zero attached hydrogens (tertiary/aromatic N) is 2. The quantitative estimate of drug-likeness (QED) is 0.888. The molecular formula is C10H8BrFN4O. The first-order valence-electron chi connectivity index (χ1n) is 4.57. The van der Waals surface area contributed by atoms with Gasteiger partial charge in [0.25, 0.3) is 0 Å². The fraction of sp³-hybridized carbons (Fsp3) is 0. The van der Waals surface area contributed by atoms with Crippen molar-refractivity contribution in [3.8, 4) is 11.6 Å². The number of halogens is 2. The number of anilines is 2. The second-order valence-electron chi connectivity index (χ2n) is 3.17. The molecule has 0 saturated carbocycles. The third kappa shape index (κ3) is 2.82. The van der Waals surface area contributed by atoms with E-state index in [0.717, 1.165) is 0 Å². The number of rotatable bonds is 2. The van der Waals surface area contributed by atoms with Crippen molar-refractivity contribution in [1.82, 2.24) is 9.97 Å². The highest BCUT2D eigenvalue weighted by atomic mass is 79.9. The molecule has 4 N–H and O–H groups in total. The Balaban J connectivity index is 2.28. The van der Waals surface area contributed by atoms with E-state index in [-0.39, 0.29) is 23.5 Å². The van der Waals surface area contributed by atoms with Crippen LogP contribution in [0, 0.1) is 5.82 Å². The molecule has 0 saturated heterocycles. The zero-order valence-electron chi connectivity index (χ0n) is 8.52. The Morgan fingerprint density at radius 3 is 2.59 bits per heavy atom. The number of nitrogens with two attached hydrogens (primary N) is 2. The van der Waals surface area contributed by atoms with E-state index in [9.17, 15) is 4.39 Å². The van der Waals surface area contributed by atoms with Crippen LogP contribution in [-0.2, 0) is 0 Å². The molecule has 17 heavy (non-hydrogen) atoms. The van der Waals surface area contributed by atoms with Crippen molar-refractivity contribution in [2.45, 2.75) is 0 Å². The van der Waals surface area contributed by atoms with Crippen molar-refractivity contribution in [3.05, 3.63) is 34.6 Å². The van der Waals surface area contributed by atoms with Gasteiger partial charge in [0.1, 0.15) is 17.4 Å². The Bertz CT molecular complexity index is 544. The lowest BCUT2D eigenvalue weighted by molar-refractivity contribution is 0.461. The van der Waals surface area contributed by atoms with Crippen LogP contribution in [0.4, 0.5) is 16.2 Å². The summed E-state index contributed by atoms with van der Waals surface area (Å²) in [6.45, 7) is 0. The van der Waals surface area contributed by atoms with Gasteiger partial charge in [-0.1, -0.05) is 0 Å². The Labute approximate surface area is 105 Å². The second-order valence-corrected chi connectivity index (χ2v) is 4.02. The molecule has 1 heterocycles. The number of nitrogen functional groups attached to an aromatic ring is 2. The molecule has 0 aliphatic heterocycles. The third-order valence-electron chi connectivity index (χ3n) is 1.85. The monoisotopic (exact) mass is 298 g/mol. The summed E-state index contributed by atoms with van der Waals surface area (Å²) in [6, 6.07) is 5.64. The Hall–Kier alpha value is -1.89. The fourth-order valence-electron chi connectivity index (χ4n) is 1.17. The molecule has 7 heteroatoms. The van der Waals surface area contributed by atoms with Gasteiger partial charge < -0.3 is 16.2 Å². The highest BCUT2D eigenvalue weighted by Crippen LogP contribution is 2.26. The lowest BCUT2D eigenvalue weighted by Crippen LogP contribution is -2.00. The van der Waals surface area contributed by atoms with Crippen LogP contribution < -0.4 is 16.2 Å². The van der Waals surface area contributed by atoms with Crippen LogP contribution in [-0.4, -0.2) is 9.97 Å². The van der Waals surface area contributed by atoms with E-state index < -0.39 is 0 Å². The first kappa shape index (κ1) is 11.6. The molecule has 0 spiro atoms. The molecule has 88 valence electrons. The first-order valence-corrected chi connectivity index (χ1v) is 5.37. The Kier molecular flexibility index (Phi) is 3.10. The van der Waals surface area contributed by atoms with Gasteiger partial charge in [-0.2, -0.15) is 9.97 Å². The second kappa shape index (κ2) is 4.54. The molecule has 0 bridgehead atoms. The maximum atomic E-state index is 13.0. The lowest BCUT2D eigenvalue weighted by atomic mass is 10.3. The van der Waals surface area contributed by atoms with Gasteiger partial charge in [0, 0.05) is 6.07 Å². The standard InChI is InChI=1S/C10H8BrFN4O/c11-6-3-5(1-2-7(6)12)17-9-4-8(13)15-10(14)16-9/h1-4H,(H4,13,14,15,16). The molecule has 0 radical (unpaired) electrons. The van der Waals surface area contributed by atoms with Crippen molar-refractivity contribution < 1.29 is 9.13 Å². The maximum absolute atomic E-state index is 13.0. The summed E-state index contributed by atoms with van der Waals surface area (Å²) in [4.78, 5) is 7.54. The third-order valence-corrected chi connectivity index (χ3v) is 2.46. The van der Waals surface area contributed by atoms with Gasteiger partial charge in [0.05, 0.1) is 4.47 Å². The van der Waals surface area contributed by atoms with Crippen molar-refractivity contribution in [1.29, 1.82) is 0 Å². The van der Waals surface area contributed by atoms with E-state index in [1.807, 2.05) is 0 Å². The van der Waals surface area contributed by atoms with Crippen molar-refractivity contribution in [2.24, 2.45) is 0 Å². The van der Waals surface area contributed by atoms with Crippen LogP contribution in [0.25, 0.3) is 0 Å². The van der Waals surface area contributed by atoms with Crippen LogP contribution >= 0.6 is 15.9 Å². The summed E-state index contributed by atoms with van der Waals surface area (Å²) >= 11 is 3.05. The Morgan fingerprint density at radius 2 is 1.94 bits per heavy atom. The smallest absolute Gasteiger partial charge is 0.226 e. The summed E-state index contributed by atoms with van der Waals surface area (Å²) in [7, 11) is 0. The van der Waals surface area contributed by atoms with Gasteiger partial charge >= 0.3 is 0 Å². The summed E-state index contributed by atoms with van der Waals surface area (Å²) in [6.07, 6.45) is 0. The molecule has 0 atom stereocenters. The number of hydrogen-bond donors (Lipinski definition) is 2.